The molecule has 2 N–H and O–H groups in total. The number of rotatable bonds is 9. The van der Waals surface area contributed by atoms with E-state index in [4.69, 9.17) is 14.2 Å². The molecule has 0 saturated carbocycles. The molecule has 0 spiro atoms. The van der Waals surface area contributed by atoms with Gasteiger partial charge in [0.05, 0.1) is 20.8 Å². The summed E-state index contributed by atoms with van der Waals surface area (Å²) in [5, 5.41) is 5.58. The molecule has 2 aromatic rings. The molecule has 6 heteroatoms. The van der Waals surface area contributed by atoms with E-state index in [2.05, 4.69) is 10.6 Å². The van der Waals surface area contributed by atoms with Crippen LogP contribution >= 0.6 is 0 Å². The minimum absolute atomic E-state index is 0.202. The summed E-state index contributed by atoms with van der Waals surface area (Å²) in [5.41, 5.74) is 1.14. The number of ether oxygens (including phenoxy) is 3. The zero-order chi connectivity index (χ0) is 17.9. The van der Waals surface area contributed by atoms with Gasteiger partial charge in [-0.05, 0) is 48.4 Å². The van der Waals surface area contributed by atoms with Crippen LogP contribution in [0, 0.1) is 0 Å². The SMILES string of the molecule is COc1ccc(CCNC(=O)NCCOc2ccc(OC)cc2)cc1. The fourth-order valence-corrected chi connectivity index (χ4v) is 2.18. The Balaban J connectivity index is 1.57. The number of nitrogens with one attached hydrogen (secondary N) is 2. The maximum atomic E-state index is 11.7. The maximum Gasteiger partial charge on any atom is 0.314 e. The van der Waals surface area contributed by atoms with Gasteiger partial charge in [-0.25, -0.2) is 4.79 Å². The van der Waals surface area contributed by atoms with Gasteiger partial charge in [0.25, 0.3) is 0 Å². The molecule has 0 unspecified atom stereocenters. The van der Waals surface area contributed by atoms with Crippen LogP contribution < -0.4 is 24.8 Å². The molecule has 0 radical (unpaired) electrons. The smallest absolute Gasteiger partial charge is 0.314 e. The molecule has 2 amide bonds. The Morgan fingerprint density at radius 3 is 1.92 bits per heavy atom. The molecule has 0 saturated heterocycles. The Bertz CT molecular complexity index is 641. The third kappa shape index (κ3) is 6.63. The fraction of sp³-hybridized carbons (Fsp3) is 0.316. The van der Waals surface area contributed by atoms with Crippen LogP contribution in [0.25, 0.3) is 0 Å². The Morgan fingerprint density at radius 1 is 0.800 bits per heavy atom. The average Bonchev–Trinajstić information content (AvgIpc) is 2.66. The molecule has 25 heavy (non-hydrogen) atoms. The zero-order valence-corrected chi connectivity index (χ0v) is 14.6. The molecular formula is C19H24N2O4. The largest absolute Gasteiger partial charge is 0.497 e. The highest BCUT2D eigenvalue weighted by atomic mass is 16.5. The molecule has 0 bridgehead atoms. The van der Waals surface area contributed by atoms with Crippen LogP contribution in [0.5, 0.6) is 17.2 Å². The van der Waals surface area contributed by atoms with Crippen LogP contribution in [-0.4, -0.2) is 39.9 Å². The lowest BCUT2D eigenvalue weighted by Crippen LogP contribution is -2.38. The van der Waals surface area contributed by atoms with Crippen molar-refractivity contribution in [1.82, 2.24) is 10.6 Å². The molecular weight excluding hydrogens is 320 g/mol. The van der Waals surface area contributed by atoms with E-state index in [1.807, 2.05) is 48.5 Å². The predicted molar refractivity (Wildman–Crippen MR) is 96.6 cm³/mol. The first-order valence-electron chi connectivity index (χ1n) is 8.13. The van der Waals surface area contributed by atoms with E-state index >= 15 is 0 Å². The van der Waals surface area contributed by atoms with Crippen molar-refractivity contribution >= 4 is 6.03 Å². The maximum absolute atomic E-state index is 11.7. The van der Waals surface area contributed by atoms with Gasteiger partial charge in [0.1, 0.15) is 23.9 Å². The van der Waals surface area contributed by atoms with Crippen molar-refractivity contribution in [3.05, 3.63) is 54.1 Å². The van der Waals surface area contributed by atoms with E-state index < -0.39 is 0 Å². The van der Waals surface area contributed by atoms with Gasteiger partial charge >= 0.3 is 6.03 Å². The van der Waals surface area contributed by atoms with Gasteiger partial charge in [0.15, 0.2) is 0 Å². The quantitative estimate of drug-likeness (QED) is 0.686. The van der Waals surface area contributed by atoms with Crippen molar-refractivity contribution in [2.75, 3.05) is 33.9 Å². The van der Waals surface area contributed by atoms with Crippen molar-refractivity contribution in [1.29, 1.82) is 0 Å². The summed E-state index contributed by atoms with van der Waals surface area (Å²) in [6, 6.07) is 14.9. The number of hydrogen-bond donors (Lipinski definition) is 2. The summed E-state index contributed by atoms with van der Waals surface area (Å²) in [5.74, 6) is 2.34. The van der Waals surface area contributed by atoms with Gasteiger partial charge < -0.3 is 24.8 Å². The van der Waals surface area contributed by atoms with E-state index in [1.54, 1.807) is 14.2 Å². The molecule has 0 aliphatic rings. The molecule has 6 nitrogen and oxygen atoms in total. The second-order valence-corrected chi connectivity index (χ2v) is 5.30. The monoisotopic (exact) mass is 344 g/mol. The molecule has 2 aromatic carbocycles. The Kier molecular flexibility index (Phi) is 7.43. The van der Waals surface area contributed by atoms with Crippen LogP contribution in [0.4, 0.5) is 4.79 Å². The van der Waals surface area contributed by atoms with E-state index in [0.29, 0.717) is 19.7 Å². The summed E-state index contributed by atoms with van der Waals surface area (Å²) in [7, 11) is 3.26. The summed E-state index contributed by atoms with van der Waals surface area (Å²) in [6.45, 7) is 1.40. The lowest BCUT2D eigenvalue weighted by Gasteiger charge is -2.09. The van der Waals surface area contributed by atoms with Crippen LogP contribution in [0.2, 0.25) is 0 Å². The van der Waals surface area contributed by atoms with Gasteiger partial charge in [0.2, 0.25) is 0 Å². The molecule has 0 aliphatic heterocycles. The van der Waals surface area contributed by atoms with Gasteiger partial charge in [-0.15, -0.1) is 0 Å². The Hall–Kier alpha value is -2.89. The number of amides is 2. The Morgan fingerprint density at radius 2 is 1.32 bits per heavy atom. The highest BCUT2D eigenvalue weighted by Crippen LogP contribution is 2.16. The summed E-state index contributed by atoms with van der Waals surface area (Å²) < 4.78 is 15.7. The van der Waals surface area contributed by atoms with Crippen LogP contribution in [0.3, 0.4) is 0 Å². The summed E-state index contributed by atoms with van der Waals surface area (Å²) in [4.78, 5) is 11.7. The van der Waals surface area contributed by atoms with Crippen molar-refractivity contribution in [3.8, 4) is 17.2 Å². The lowest BCUT2D eigenvalue weighted by atomic mass is 10.1. The second kappa shape index (κ2) is 10.1. The number of carbonyl (C=O) groups is 1. The molecule has 0 aliphatic carbocycles. The van der Waals surface area contributed by atoms with Crippen molar-refractivity contribution in [2.24, 2.45) is 0 Å². The fourth-order valence-electron chi connectivity index (χ4n) is 2.18. The van der Waals surface area contributed by atoms with Gasteiger partial charge in [-0.1, -0.05) is 12.1 Å². The standard InChI is InChI=1S/C19H24N2O4/c1-23-16-5-3-15(4-6-16)11-12-20-19(22)21-13-14-25-18-9-7-17(24-2)8-10-18/h3-10H,11-14H2,1-2H3,(H2,20,21,22). The van der Waals surface area contributed by atoms with Gasteiger partial charge in [-0.2, -0.15) is 0 Å². The first-order valence-corrected chi connectivity index (χ1v) is 8.13. The van der Waals surface area contributed by atoms with Crippen LogP contribution in [-0.2, 0) is 6.42 Å². The summed E-state index contributed by atoms with van der Waals surface area (Å²) in [6.07, 6.45) is 0.764. The highest BCUT2D eigenvalue weighted by Gasteiger charge is 2.01. The minimum Gasteiger partial charge on any atom is -0.497 e. The summed E-state index contributed by atoms with van der Waals surface area (Å²) >= 11 is 0. The molecule has 0 atom stereocenters. The third-order valence-electron chi connectivity index (χ3n) is 3.57. The molecule has 134 valence electrons. The van der Waals surface area contributed by atoms with E-state index in [0.717, 1.165) is 29.2 Å². The van der Waals surface area contributed by atoms with Crippen LogP contribution in [0.15, 0.2) is 48.5 Å². The minimum atomic E-state index is -0.202. The van der Waals surface area contributed by atoms with Gasteiger partial charge in [0, 0.05) is 6.54 Å². The van der Waals surface area contributed by atoms with E-state index in [1.165, 1.54) is 0 Å². The highest BCUT2D eigenvalue weighted by molar-refractivity contribution is 5.73. The lowest BCUT2D eigenvalue weighted by molar-refractivity contribution is 0.236. The molecule has 0 aromatic heterocycles. The number of methoxy groups -OCH3 is 2. The van der Waals surface area contributed by atoms with Crippen molar-refractivity contribution in [2.45, 2.75) is 6.42 Å². The van der Waals surface area contributed by atoms with Crippen molar-refractivity contribution < 1.29 is 19.0 Å². The number of urea groups is 1. The topological polar surface area (TPSA) is 68.8 Å². The van der Waals surface area contributed by atoms with E-state index in [9.17, 15) is 4.79 Å². The first-order chi connectivity index (χ1) is 12.2. The first kappa shape index (κ1) is 18.4. The second-order valence-electron chi connectivity index (χ2n) is 5.30. The average molecular weight is 344 g/mol. The van der Waals surface area contributed by atoms with Crippen LogP contribution in [0.1, 0.15) is 5.56 Å². The van der Waals surface area contributed by atoms with Crippen molar-refractivity contribution in [3.63, 3.8) is 0 Å². The third-order valence-corrected chi connectivity index (χ3v) is 3.57. The number of carbonyl (C=O) groups excluding carboxylic acids is 1. The van der Waals surface area contributed by atoms with E-state index in [-0.39, 0.29) is 6.03 Å². The normalized spacial score (nSPS) is 10.0. The molecule has 2 rings (SSSR count). The van der Waals surface area contributed by atoms with Gasteiger partial charge in [-0.3, -0.25) is 0 Å². The Labute approximate surface area is 148 Å². The number of benzene rings is 2. The zero-order valence-electron chi connectivity index (χ0n) is 14.6. The molecule has 0 fully saturated rings. The molecule has 0 heterocycles. The predicted octanol–water partition coefficient (Wildman–Crippen LogP) is 2.62. The number of hydrogen-bond acceptors (Lipinski definition) is 4.